The second-order valence-corrected chi connectivity index (χ2v) is 10.2. The largest absolute Gasteiger partial charge is 0.393 e. The van der Waals surface area contributed by atoms with Gasteiger partial charge in [0.2, 0.25) is 16.0 Å². The molecule has 0 radical (unpaired) electrons. The molecule has 0 aromatic carbocycles. The zero-order chi connectivity index (χ0) is 20.8. The van der Waals surface area contributed by atoms with Crippen molar-refractivity contribution < 1.29 is 13.5 Å². The Morgan fingerprint density at radius 1 is 1.21 bits per heavy atom. The quantitative estimate of drug-likeness (QED) is 0.757. The lowest BCUT2D eigenvalue weighted by Gasteiger charge is -2.30. The molecule has 10 heteroatoms. The molecule has 1 aliphatic carbocycles. The summed E-state index contributed by atoms with van der Waals surface area (Å²) in [7, 11) is -3.16. The zero-order valence-electron chi connectivity index (χ0n) is 16.7. The highest BCUT2D eigenvalue weighted by molar-refractivity contribution is 7.88. The third kappa shape index (κ3) is 4.15. The highest BCUT2D eigenvalue weighted by atomic mass is 32.2. The number of hydrogen-bond acceptors (Lipinski definition) is 7. The van der Waals surface area contributed by atoms with Crippen LogP contribution in [0.15, 0.2) is 17.1 Å². The normalized spacial score (nSPS) is 24.2. The number of nitrogens with zero attached hydrogens (tertiary/aromatic N) is 4. The summed E-state index contributed by atoms with van der Waals surface area (Å²) in [5.41, 5.74) is 1.13. The van der Waals surface area contributed by atoms with E-state index in [0.717, 1.165) is 11.8 Å². The van der Waals surface area contributed by atoms with Crippen molar-refractivity contribution in [2.24, 2.45) is 0 Å². The van der Waals surface area contributed by atoms with Crippen molar-refractivity contribution in [1.29, 1.82) is 0 Å². The topological polar surface area (TPSA) is 117 Å². The van der Waals surface area contributed by atoms with Crippen molar-refractivity contribution in [3.8, 4) is 0 Å². The number of aliphatic hydroxyl groups is 1. The van der Waals surface area contributed by atoms with Gasteiger partial charge in [0.25, 0.3) is 5.56 Å². The maximum Gasteiger partial charge on any atom is 0.255 e. The second-order valence-electron chi connectivity index (χ2n) is 8.18. The van der Waals surface area contributed by atoms with Crippen LogP contribution in [0.3, 0.4) is 0 Å². The van der Waals surface area contributed by atoms with Gasteiger partial charge in [-0.2, -0.15) is 4.98 Å². The molecule has 2 N–H and O–H groups in total. The molecular formula is C19H27N5O4S. The van der Waals surface area contributed by atoms with Crippen LogP contribution in [0, 0.1) is 6.92 Å². The van der Waals surface area contributed by atoms with Gasteiger partial charge in [-0.05, 0) is 45.1 Å². The molecule has 0 unspecified atom stereocenters. The summed E-state index contributed by atoms with van der Waals surface area (Å²) in [4.78, 5) is 21.9. The number of sulfonamides is 1. The highest BCUT2D eigenvalue weighted by Crippen LogP contribution is 2.31. The maximum atomic E-state index is 12.8. The van der Waals surface area contributed by atoms with E-state index in [1.165, 1.54) is 10.6 Å². The van der Waals surface area contributed by atoms with Gasteiger partial charge in [-0.15, -0.1) is 0 Å². The van der Waals surface area contributed by atoms with Gasteiger partial charge in [-0.3, -0.25) is 9.36 Å². The summed E-state index contributed by atoms with van der Waals surface area (Å²) in [5, 5.41) is 14.0. The predicted molar refractivity (Wildman–Crippen MR) is 110 cm³/mol. The van der Waals surface area contributed by atoms with E-state index in [1.807, 2.05) is 0 Å². The Balaban J connectivity index is 1.61. The molecule has 0 spiro atoms. The molecule has 9 nitrogen and oxygen atoms in total. The van der Waals surface area contributed by atoms with Crippen molar-refractivity contribution in [3.05, 3.63) is 28.2 Å². The molecule has 3 heterocycles. The maximum absolute atomic E-state index is 12.8. The Morgan fingerprint density at radius 2 is 1.93 bits per heavy atom. The van der Waals surface area contributed by atoms with E-state index in [4.69, 9.17) is 0 Å². The number of aromatic nitrogens is 3. The number of hydrogen-bond donors (Lipinski definition) is 2. The Kier molecular flexibility index (Phi) is 5.34. The lowest BCUT2D eigenvalue weighted by molar-refractivity contribution is 0.178. The number of anilines is 1. The fourth-order valence-corrected chi connectivity index (χ4v) is 5.22. The predicted octanol–water partition coefficient (Wildman–Crippen LogP) is 1.02. The average molecular weight is 422 g/mol. The number of aryl methyl sites for hydroxylation is 1. The van der Waals surface area contributed by atoms with Crippen LogP contribution in [0.5, 0.6) is 0 Å². The molecule has 1 aliphatic heterocycles. The molecular weight excluding hydrogens is 394 g/mol. The summed E-state index contributed by atoms with van der Waals surface area (Å²) in [6.45, 7) is 2.72. The van der Waals surface area contributed by atoms with Gasteiger partial charge in [0.05, 0.1) is 12.4 Å². The van der Waals surface area contributed by atoms with Gasteiger partial charge in [0, 0.05) is 42.3 Å². The molecule has 158 valence electrons. The van der Waals surface area contributed by atoms with E-state index in [1.54, 1.807) is 23.8 Å². The van der Waals surface area contributed by atoms with E-state index in [9.17, 15) is 18.3 Å². The number of pyridine rings is 1. The molecule has 2 aliphatic rings. The number of nitrogens with one attached hydrogen (secondary N) is 1. The minimum atomic E-state index is -3.16. The highest BCUT2D eigenvalue weighted by Gasteiger charge is 2.28. The molecule has 2 aromatic heterocycles. The van der Waals surface area contributed by atoms with Gasteiger partial charge in [-0.25, -0.2) is 17.7 Å². The molecule has 2 fully saturated rings. The first-order chi connectivity index (χ1) is 13.7. The number of rotatable bonds is 4. The standard InChI is InChI=1S/C19H27N5O4S/c1-12-9-13-11-20-19(21-14-5-7-23(8-6-14)29(2,27)28)22-17(13)24(18(12)26)15-3-4-16(25)10-15/h9,11,14-16,25H,3-8,10H2,1-2H3,(H,20,21,22)/t15-,16-/m0/s1. The van der Waals surface area contributed by atoms with Crippen molar-refractivity contribution in [1.82, 2.24) is 18.8 Å². The van der Waals surface area contributed by atoms with E-state index in [2.05, 4.69) is 15.3 Å². The van der Waals surface area contributed by atoms with Gasteiger partial charge in [0.15, 0.2) is 0 Å². The van der Waals surface area contributed by atoms with Crippen LogP contribution in [-0.2, 0) is 10.0 Å². The summed E-state index contributed by atoms with van der Waals surface area (Å²) < 4.78 is 26.5. The summed E-state index contributed by atoms with van der Waals surface area (Å²) in [6, 6.07) is 1.80. The van der Waals surface area contributed by atoms with Crippen LogP contribution in [0.25, 0.3) is 11.0 Å². The van der Waals surface area contributed by atoms with Crippen molar-refractivity contribution in [2.75, 3.05) is 24.7 Å². The fourth-order valence-electron chi connectivity index (χ4n) is 4.35. The average Bonchev–Trinajstić information content (AvgIpc) is 3.09. The molecule has 0 bridgehead atoms. The van der Waals surface area contributed by atoms with Crippen LogP contribution < -0.4 is 10.9 Å². The minimum absolute atomic E-state index is 0.0688. The first kappa shape index (κ1) is 20.2. The lowest BCUT2D eigenvalue weighted by atomic mass is 10.1. The van der Waals surface area contributed by atoms with Crippen molar-refractivity contribution in [3.63, 3.8) is 0 Å². The Hall–Kier alpha value is -2.04. The van der Waals surface area contributed by atoms with Gasteiger partial charge in [-0.1, -0.05) is 0 Å². The number of aliphatic hydroxyl groups excluding tert-OH is 1. The summed E-state index contributed by atoms with van der Waals surface area (Å²) in [5.74, 6) is 0.436. The van der Waals surface area contributed by atoms with Crippen LogP contribution >= 0.6 is 0 Å². The van der Waals surface area contributed by atoms with Gasteiger partial charge in [0.1, 0.15) is 5.65 Å². The molecule has 0 amide bonds. The smallest absolute Gasteiger partial charge is 0.255 e. The molecule has 1 saturated carbocycles. The van der Waals surface area contributed by atoms with Crippen LogP contribution in [0.2, 0.25) is 0 Å². The Labute approximate surface area is 169 Å². The van der Waals surface area contributed by atoms with E-state index >= 15 is 0 Å². The molecule has 29 heavy (non-hydrogen) atoms. The van der Waals surface area contributed by atoms with Crippen LogP contribution in [-0.4, -0.2) is 63.9 Å². The Bertz CT molecular complexity index is 1080. The summed E-state index contributed by atoms with van der Waals surface area (Å²) >= 11 is 0. The first-order valence-electron chi connectivity index (χ1n) is 10.0. The second kappa shape index (κ2) is 7.66. The van der Waals surface area contributed by atoms with Crippen LogP contribution in [0.1, 0.15) is 43.7 Å². The van der Waals surface area contributed by atoms with E-state index in [-0.39, 0.29) is 23.7 Å². The number of fused-ring (bicyclic) bond motifs is 1. The summed E-state index contributed by atoms with van der Waals surface area (Å²) in [6.07, 6.45) is 5.88. The Morgan fingerprint density at radius 3 is 2.55 bits per heavy atom. The SMILES string of the molecule is Cc1cc2cnc(NC3CCN(S(C)(=O)=O)CC3)nc2n([C@H]2CC[C@H](O)C2)c1=O. The van der Waals surface area contributed by atoms with Gasteiger partial charge < -0.3 is 10.4 Å². The van der Waals surface area contributed by atoms with E-state index in [0.29, 0.717) is 55.9 Å². The monoisotopic (exact) mass is 421 g/mol. The van der Waals surface area contributed by atoms with E-state index < -0.39 is 10.0 Å². The van der Waals surface area contributed by atoms with Crippen molar-refractivity contribution >= 4 is 27.0 Å². The van der Waals surface area contributed by atoms with Crippen molar-refractivity contribution in [2.45, 2.75) is 57.2 Å². The molecule has 4 rings (SSSR count). The third-order valence-corrected chi connectivity index (χ3v) is 7.25. The zero-order valence-corrected chi connectivity index (χ0v) is 17.5. The molecule has 2 atom stereocenters. The lowest BCUT2D eigenvalue weighted by Crippen LogP contribution is -2.42. The van der Waals surface area contributed by atoms with Crippen LogP contribution in [0.4, 0.5) is 5.95 Å². The first-order valence-corrected chi connectivity index (χ1v) is 11.9. The third-order valence-electron chi connectivity index (χ3n) is 5.95. The fraction of sp³-hybridized carbons (Fsp3) is 0.632. The minimum Gasteiger partial charge on any atom is -0.393 e. The molecule has 1 saturated heterocycles. The van der Waals surface area contributed by atoms with Gasteiger partial charge >= 0.3 is 0 Å². The number of piperidine rings is 1. The molecule has 2 aromatic rings.